The Morgan fingerprint density at radius 1 is 1.07 bits per heavy atom. The van der Waals surface area contributed by atoms with Gasteiger partial charge in [0.05, 0.1) is 5.02 Å². The van der Waals surface area contributed by atoms with Crippen molar-refractivity contribution in [2.75, 3.05) is 58.9 Å². The monoisotopic (exact) mass is 424 g/mol. The van der Waals surface area contributed by atoms with Crippen LogP contribution in [-0.2, 0) is 4.79 Å². The minimum Gasteiger partial charge on any atom is -0.340 e. The van der Waals surface area contributed by atoms with Gasteiger partial charge in [-0.25, -0.2) is 4.39 Å². The first-order valence-corrected chi connectivity index (χ1v) is 10.9. The number of piperidine rings is 1. The SMILES string of the molecule is O=C(CCN(CCN1CCCCC1)C(=O)c1ccc(F)c(Cl)c1)N1CCNCC1. The molecule has 3 rings (SSSR count). The summed E-state index contributed by atoms with van der Waals surface area (Å²) in [5.74, 6) is -0.687. The summed E-state index contributed by atoms with van der Waals surface area (Å²) in [6.07, 6.45) is 3.92. The number of likely N-dealkylation sites (tertiary alicyclic amines) is 1. The molecule has 2 saturated heterocycles. The summed E-state index contributed by atoms with van der Waals surface area (Å²) >= 11 is 5.87. The highest BCUT2D eigenvalue weighted by atomic mass is 35.5. The predicted molar refractivity (Wildman–Crippen MR) is 112 cm³/mol. The number of piperazine rings is 1. The van der Waals surface area contributed by atoms with Crippen molar-refractivity contribution in [1.29, 1.82) is 0 Å². The van der Waals surface area contributed by atoms with Crippen LogP contribution in [0.1, 0.15) is 36.0 Å². The van der Waals surface area contributed by atoms with Gasteiger partial charge < -0.3 is 20.0 Å². The van der Waals surface area contributed by atoms with Crippen LogP contribution < -0.4 is 5.32 Å². The number of nitrogens with zero attached hydrogens (tertiary/aromatic N) is 3. The maximum absolute atomic E-state index is 13.5. The first kappa shape index (κ1) is 22.0. The lowest BCUT2D eigenvalue weighted by Gasteiger charge is -2.31. The number of hydrogen-bond acceptors (Lipinski definition) is 4. The summed E-state index contributed by atoms with van der Waals surface area (Å²) in [5.41, 5.74) is 0.352. The molecule has 1 N–H and O–H groups in total. The zero-order valence-corrected chi connectivity index (χ0v) is 17.6. The number of carbonyl (C=O) groups excluding carboxylic acids is 2. The zero-order valence-electron chi connectivity index (χ0n) is 16.8. The molecular formula is C21H30ClFN4O2. The molecule has 0 spiro atoms. The molecule has 0 aliphatic carbocycles. The van der Waals surface area contributed by atoms with Crippen LogP contribution >= 0.6 is 11.6 Å². The number of rotatable bonds is 7. The van der Waals surface area contributed by atoms with E-state index in [0.29, 0.717) is 38.2 Å². The third-order valence-corrected chi connectivity index (χ3v) is 5.94. The van der Waals surface area contributed by atoms with E-state index in [1.807, 2.05) is 4.90 Å². The van der Waals surface area contributed by atoms with Crippen molar-refractivity contribution in [2.24, 2.45) is 0 Å². The van der Waals surface area contributed by atoms with Gasteiger partial charge >= 0.3 is 0 Å². The van der Waals surface area contributed by atoms with E-state index in [1.54, 1.807) is 4.90 Å². The fourth-order valence-corrected chi connectivity index (χ4v) is 4.06. The predicted octanol–water partition coefficient (Wildman–Crippen LogP) is 2.23. The molecule has 8 heteroatoms. The largest absolute Gasteiger partial charge is 0.340 e. The number of hydrogen-bond donors (Lipinski definition) is 1. The molecular weight excluding hydrogens is 395 g/mol. The van der Waals surface area contributed by atoms with Crippen molar-refractivity contribution >= 4 is 23.4 Å². The van der Waals surface area contributed by atoms with Crippen LogP contribution in [0.15, 0.2) is 18.2 Å². The van der Waals surface area contributed by atoms with Gasteiger partial charge in [0.25, 0.3) is 5.91 Å². The van der Waals surface area contributed by atoms with Crippen LogP contribution in [0.25, 0.3) is 0 Å². The summed E-state index contributed by atoms with van der Waals surface area (Å²) in [7, 11) is 0. The Bertz CT molecular complexity index is 706. The fourth-order valence-electron chi connectivity index (χ4n) is 3.87. The molecule has 0 radical (unpaired) electrons. The summed E-state index contributed by atoms with van der Waals surface area (Å²) in [6.45, 7) is 6.78. The fraction of sp³-hybridized carbons (Fsp3) is 0.619. The number of benzene rings is 1. The van der Waals surface area contributed by atoms with Crippen molar-refractivity contribution in [2.45, 2.75) is 25.7 Å². The topological polar surface area (TPSA) is 55.9 Å². The van der Waals surface area contributed by atoms with Crippen LogP contribution in [0.3, 0.4) is 0 Å². The molecule has 2 heterocycles. The normalized spacial score (nSPS) is 17.9. The van der Waals surface area contributed by atoms with Gasteiger partial charge in [-0.2, -0.15) is 0 Å². The molecule has 0 bridgehead atoms. The van der Waals surface area contributed by atoms with Gasteiger partial charge in [-0.3, -0.25) is 9.59 Å². The van der Waals surface area contributed by atoms with Gasteiger partial charge in [-0.05, 0) is 44.1 Å². The molecule has 2 amide bonds. The van der Waals surface area contributed by atoms with E-state index in [1.165, 1.54) is 37.5 Å². The number of nitrogens with one attached hydrogen (secondary N) is 1. The van der Waals surface area contributed by atoms with E-state index in [9.17, 15) is 14.0 Å². The van der Waals surface area contributed by atoms with Gasteiger partial charge in [0.1, 0.15) is 5.82 Å². The third kappa shape index (κ3) is 6.39. The highest BCUT2D eigenvalue weighted by Gasteiger charge is 2.22. The molecule has 0 aromatic heterocycles. The first-order chi connectivity index (χ1) is 14.0. The van der Waals surface area contributed by atoms with Gasteiger partial charge in [0.15, 0.2) is 0 Å². The first-order valence-electron chi connectivity index (χ1n) is 10.5. The molecule has 1 aromatic carbocycles. The number of carbonyl (C=O) groups is 2. The van der Waals surface area contributed by atoms with E-state index >= 15 is 0 Å². The summed E-state index contributed by atoms with van der Waals surface area (Å²) < 4.78 is 13.5. The lowest BCUT2D eigenvalue weighted by atomic mass is 10.1. The highest BCUT2D eigenvalue weighted by Crippen LogP contribution is 2.18. The van der Waals surface area contributed by atoms with Crippen molar-refractivity contribution in [3.8, 4) is 0 Å². The summed E-state index contributed by atoms with van der Waals surface area (Å²) in [5, 5.41) is 3.17. The molecule has 0 unspecified atom stereocenters. The van der Waals surface area contributed by atoms with Gasteiger partial charge in [0.2, 0.25) is 5.91 Å². The van der Waals surface area contributed by atoms with Gasteiger partial charge in [-0.15, -0.1) is 0 Å². The van der Waals surface area contributed by atoms with Crippen LogP contribution in [0.5, 0.6) is 0 Å². The van der Waals surface area contributed by atoms with Crippen LogP contribution in [0.4, 0.5) is 4.39 Å². The second kappa shape index (κ2) is 10.9. The van der Waals surface area contributed by atoms with Gasteiger partial charge in [0, 0.05) is 57.8 Å². The number of halogens is 2. The molecule has 0 atom stereocenters. The highest BCUT2D eigenvalue weighted by molar-refractivity contribution is 6.31. The zero-order chi connectivity index (χ0) is 20.6. The Morgan fingerprint density at radius 2 is 1.79 bits per heavy atom. The quantitative estimate of drug-likeness (QED) is 0.729. The lowest BCUT2D eigenvalue weighted by Crippen LogP contribution is -2.47. The van der Waals surface area contributed by atoms with Crippen LogP contribution in [0, 0.1) is 5.82 Å². The van der Waals surface area contributed by atoms with Crippen molar-refractivity contribution < 1.29 is 14.0 Å². The maximum atomic E-state index is 13.5. The third-order valence-electron chi connectivity index (χ3n) is 5.65. The smallest absolute Gasteiger partial charge is 0.253 e. The molecule has 2 aliphatic rings. The molecule has 6 nitrogen and oxygen atoms in total. The van der Waals surface area contributed by atoms with E-state index in [4.69, 9.17) is 11.6 Å². The summed E-state index contributed by atoms with van der Waals surface area (Å²) in [6, 6.07) is 4.03. The Balaban J connectivity index is 1.63. The standard InChI is InChI=1S/C21H30ClFN4O2/c22-18-16-17(4-5-19(18)23)21(29)27(15-14-25-9-2-1-3-10-25)11-6-20(28)26-12-7-24-8-13-26/h4-5,16,24H,1-3,6-15H2. The Kier molecular flexibility index (Phi) is 8.27. The number of amides is 2. The Labute approximate surface area is 177 Å². The molecule has 2 aliphatic heterocycles. The maximum Gasteiger partial charge on any atom is 0.253 e. The van der Waals surface area contributed by atoms with E-state index in [0.717, 1.165) is 32.7 Å². The van der Waals surface area contributed by atoms with Crippen molar-refractivity contribution in [3.63, 3.8) is 0 Å². The van der Waals surface area contributed by atoms with Crippen molar-refractivity contribution in [3.05, 3.63) is 34.6 Å². The Morgan fingerprint density at radius 3 is 2.48 bits per heavy atom. The van der Waals surface area contributed by atoms with E-state index in [2.05, 4.69) is 10.2 Å². The molecule has 29 heavy (non-hydrogen) atoms. The lowest BCUT2D eigenvalue weighted by molar-refractivity contribution is -0.131. The molecule has 1 aromatic rings. The summed E-state index contributed by atoms with van der Waals surface area (Å²) in [4.78, 5) is 31.5. The minimum atomic E-state index is -0.544. The van der Waals surface area contributed by atoms with Crippen LogP contribution in [-0.4, -0.2) is 85.4 Å². The molecule has 0 saturated carbocycles. The second-order valence-electron chi connectivity index (χ2n) is 7.70. The van der Waals surface area contributed by atoms with Crippen molar-refractivity contribution in [1.82, 2.24) is 20.0 Å². The van der Waals surface area contributed by atoms with E-state index < -0.39 is 5.82 Å². The molecule has 2 fully saturated rings. The molecule has 160 valence electrons. The van der Waals surface area contributed by atoms with Gasteiger partial charge in [-0.1, -0.05) is 18.0 Å². The second-order valence-corrected chi connectivity index (χ2v) is 8.11. The van der Waals surface area contributed by atoms with E-state index in [-0.39, 0.29) is 16.8 Å². The Hall–Kier alpha value is -1.70. The minimum absolute atomic E-state index is 0.0660. The average Bonchev–Trinajstić information content (AvgIpc) is 2.76. The average molecular weight is 425 g/mol. The van der Waals surface area contributed by atoms with Crippen LogP contribution in [0.2, 0.25) is 5.02 Å².